The average Bonchev–Trinajstić information content (AvgIpc) is 2.46. The van der Waals surface area contributed by atoms with Gasteiger partial charge in [-0.3, -0.25) is 4.98 Å². The van der Waals surface area contributed by atoms with Crippen LogP contribution >= 0.6 is 0 Å². The van der Waals surface area contributed by atoms with Gasteiger partial charge in [-0.15, -0.1) is 0 Å². The van der Waals surface area contributed by atoms with Crippen LogP contribution < -0.4 is 14.8 Å². The molecule has 4 heteroatoms. The zero-order chi connectivity index (χ0) is 13.5. The largest absolute Gasteiger partial charge is 0.497 e. The first-order chi connectivity index (χ1) is 9.31. The van der Waals surface area contributed by atoms with E-state index in [0.717, 1.165) is 22.7 Å². The Balaban J connectivity index is 1.99. The molecule has 0 saturated carbocycles. The van der Waals surface area contributed by atoms with Crippen molar-refractivity contribution >= 4 is 5.69 Å². The third-order valence-corrected chi connectivity index (χ3v) is 2.65. The van der Waals surface area contributed by atoms with Gasteiger partial charge in [0, 0.05) is 24.5 Å². The second kappa shape index (κ2) is 6.64. The van der Waals surface area contributed by atoms with Crippen LogP contribution in [0, 0.1) is 0 Å². The summed E-state index contributed by atoms with van der Waals surface area (Å²) in [5, 5.41) is 3.33. The van der Waals surface area contributed by atoms with Gasteiger partial charge < -0.3 is 14.8 Å². The molecule has 4 nitrogen and oxygen atoms in total. The van der Waals surface area contributed by atoms with Crippen LogP contribution in [-0.2, 0) is 6.54 Å². The van der Waals surface area contributed by atoms with Crippen LogP contribution in [0.1, 0.15) is 12.5 Å². The smallest absolute Gasteiger partial charge is 0.137 e. The third kappa shape index (κ3) is 3.88. The minimum Gasteiger partial charge on any atom is -0.497 e. The molecule has 1 heterocycles. The lowest BCUT2D eigenvalue weighted by Gasteiger charge is -2.09. The quantitative estimate of drug-likeness (QED) is 0.864. The molecule has 0 amide bonds. The fourth-order valence-corrected chi connectivity index (χ4v) is 1.74. The minimum atomic E-state index is 0.647. The van der Waals surface area contributed by atoms with Crippen molar-refractivity contribution in [2.75, 3.05) is 19.0 Å². The van der Waals surface area contributed by atoms with Crippen LogP contribution in [0.15, 0.2) is 42.7 Å². The highest BCUT2D eigenvalue weighted by Crippen LogP contribution is 2.18. The second-order valence-electron chi connectivity index (χ2n) is 4.05. The van der Waals surface area contributed by atoms with E-state index in [4.69, 9.17) is 9.47 Å². The maximum atomic E-state index is 5.42. The molecule has 0 aliphatic heterocycles. The van der Waals surface area contributed by atoms with E-state index >= 15 is 0 Å². The number of ether oxygens (including phenoxy) is 2. The molecule has 0 aliphatic carbocycles. The molecule has 100 valence electrons. The fraction of sp³-hybridized carbons (Fsp3) is 0.267. The van der Waals surface area contributed by atoms with Gasteiger partial charge in [0.1, 0.15) is 11.5 Å². The van der Waals surface area contributed by atoms with Crippen molar-refractivity contribution in [3.05, 3.63) is 48.3 Å². The second-order valence-corrected chi connectivity index (χ2v) is 4.05. The van der Waals surface area contributed by atoms with Gasteiger partial charge in [-0.1, -0.05) is 6.07 Å². The number of hydrogen-bond donors (Lipinski definition) is 1. The monoisotopic (exact) mass is 258 g/mol. The van der Waals surface area contributed by atoms with Crippen LogP contribution in [0.5, 0.6) is 11.5 Å². The van der Waals surface area contributed by atoms with E-state index in [1.807, 2.05) is 43.5 Å². The molecule has 0 aliphatic rings. The molecule has 0 bridgehead atoms. The Morgan fingerprint density at radius 2 is 2.05 bits per heavy atom. The van der Waals surface area contributed by atoms with E-state index in [2.05, 4.69) is 10.3 Å². The molecule has 1 aromatic heterocycles. The summed E-state index contributed by atoms with van der Waals surface area (Å²) in [4.78, 5) is 4.16. The van der Waals surface area contributed by atoms with Crippen LogP contribution in [0.3, 0.4) is 0 Å². The normalized spacial score (nSPS) is 10.0. The molecule has 19 heavy (non-hydrogen) atoms. The van der Waals surface area contributed by atoms with Gasteiger partial charge in [0.2, 0.25) is 0 Å². The number of pyridine rings is 1. The Bertz CT molecular complexity index is 529. The number of hydrogen-bond acceptors (Lipinski definition) is 4. The molecule has 2 rings (SSSR count). The summed E-state index contributed by atoms with van der Waals surface area (Å²) >= 11 is 0. The lowest BCUT2D eigenvalue weighted by atomic mass is 10.2. The van der Waals surface area contributed by atoms with Crippen molar-refractivity contribution < 1.29 is 9.47 Å². The Hall–Kier alpha value is -2.23. The van der Waals surface area contributed by atoms with Crippen LogP contribution in [-0.4, -0.2) is 18.7 Å². The number of nitrogens with zero attached hydrogens (tertiary/aromatic N) is 1. The van der Waals surface area contributed by atoms with Crippen molar-refractivity contribution in [3.8, 4) is 11.5 Å². The van der Waals surface area contributed by atoms with Crippen molar-refractivity contribution in [3.63, 3.8) is 0 Å². The van der Waals surface area contributed by atoms with Gasteiger partial charge in [0.15, 0.2) is 0 Å². The molecule has 0 radical (unpaired) electrons. The van der Waals surface area contributed by atoms with E-state index in [1.54, 1.807) is 13.3 Å². The van der Waals surface area contributed by atoms with Gasteiger partial charge in [-0.2, -0.15) is 0 Å². The van der Waals surface area contributed by atoms with Crippen molar-refractivity contribution in [2.24, 2.45) is 0 Å². The summed E-state index contributed by atoms with van der Waals surface area (Å²) in [6.07, 6.45) is 3.55. The van der Waals surface area contributed by atoms with E-state index in [9.17, 15) is 0 Å². The topological polar surface area (TPSA) is 43.4 Å². The molecule has 0 fully saturated rings. The molecular weight excluding hydrogens is 240 g/mol. The van der Waals surface area contributed by atoms with Gasteiger partial charge in [0.05, 0.1) is 19.9 Å². The van der Waals surface area contributed by atoms with Crippen LogP contribution in [0.25, 0.3) is 0 Å². The Labute approximate surface area is 113 Å². The van der Waals surface area contributed by atoms with Gasteiger partial charge >= 0.3 is 0 Å². The maximum Gasteiger partial charge on any atom is 0.137 e. The number of aromatic nitrogens is 1. The number of anilines is 1. The first-order valence-electron chi connectivity index (χ1n) is 6.26. The van der Waals surface area contributed by atoms with E-state index in [0.29, 0.717) is 13.2 Å². The van der Waals surface area contributed by atoms with Gasteiger partial charge in [0.25, 0.3) is 0 Å². The molecule has 0 unspecified atom stereocenters. The molecule has 0 atom stereocenters. The van der Waals surface area contributed by atoms with Crippen molar-refractivity contribution in [2.45, 2.75) is 13.5 Å². The molecular formula is C15H18N2O2. The maximum absolute atomic E-state index is 5.42. The van der Waals surface area contributed by atoms with Crippen LogP contribution in [0.4, 0.5) is 5.69 Å². The first-order valence-corrected chi connectivity index (χ1v) is 6.26. The molecule has 1 N–H and O–H groups in total. The van der Waals surface area contributed by atoms with Crippen molar-refractivity contribution in [1.29, 1.82) is 0 Å². The Kier molecular flexibility index (Phi) is 4.61. The van der Waals surface area contributed by atoms with E-state index < -0.39 is 0 Å². The molecule has 0 spiro atoms. The zero-order valence-corrected chi connectivity index (χ0v) is 11.2. The summed E-state index contributed by atoms with van der Waals surface area (Å²) in [7, 11) is 1.66. The summed E-state index contributed by atoms with van der Waals surface area (Å²) in [5.74, 6) is 1.64. The lowest BCUT2D eigenvalue weighted by Crippen LogP contribution is -2.01. The third-order valence-electron chi connectivity index (χ3n) is 2.65. The Morgan fingerprint density at radius 1 is 1.16 bits per heavy atom. The number of nitrogens with one attached hydrogen (secondary N) is 1. The summed E-state index contributed by atoms with van der Waals surface area (Å²) < 4.78 is 10.6. The summed E-state index contributed by atoms with van der Waals surface area (Å²) in [6, 6.07) is 9.82. The number of methoxy groups -OCH3 is 1. The van der Waals surface area contributed by atoms with Crippen molar-refractivity contribution in [1.82, 2.24) is 4.98 Å². The molecule has 0 saturated heterocycles. The zero-order valence-electron chi connectivity index (χ0n) is 11.2. The highest BCUT2D eigenvalue weighted by molar-refractivity contribution is 5.48. The summed E-state index contributed by atoms with van der Waals surface area (Å²) in [6.45, 7) is 3.30. The highest BCUT2D eigenvalue weighted by Gasteiger charge is 1.99. The predicted octanol–water partition coefficient (Wildman–Crippen LogP) is 3.10. The van der Waals surface area contributed by atoms with Gasteiger partial charge in [-0.05, 0) is 30.7 Å². The van der Waals surface area contributed by atoms with Gasteiger partial charge in [-0.25, -0.2) is 0 Å². The molecule has 1 aromatic carbocycles. The standard InChI is InChI=1S/C15H18N2O2/c1-3-19-15-7-12(9-16-11-15)10-17-13-5-4-6-14(8-13)18-2/h4-9,11,17H,3,10H2,1-2H3. The van der Waals surface area contributed by atoms with E-state index in [-0.39, 0.29) is 0 Å². The number of benzene rings is 1. The fourth-order valence-electron chi connectivity index (χ4n) is 1.74. The van der Waals surface area contributed by atoms with Crippen LogP contribution in [0.2, 0.25) is 0 Å². The first kappa shape index (κ1) is 13.2. The minimum absolute atomic E-state index is 0.647. The number of rotatable bonds is 6. The molecule has 2 aromatic rings. The summed E-state index contributed by atoms with van der Waals surface area (Å²) in [5.41, 5.74) is 2.09. The van der Waals surface area contributed by atoms with E-state index in [1.165, 1.54) is 0 Å². The highest BCUT2D eigenvalue weighted by atomic mass is 16.5. The Morgan fingerprint density at radius 3 is 2.84 bits per heavy atom. The SMILES string of the molecule is CCOc1cncc(CNc2cccc(OC)c2)c1. The predicted molar refractivity (Wildman–Crippen MR) is 75.7 cm³/mol. The average molecular weight is 258 g/mol. The lowest BCUT2D eigenvalue weighted by molar-refractivity contribution is 0.338.